The fourth-order valence-corrected chi connectivity index (χ4v) is 5.33. The molecule has 6 rings (SSSR count). The third kappa shape index (κ3) is 3.33. The second kappa shape index (κ2) is 7.84. The highest BCUT2D eigenvalue weighted by atomic mass is 35.5. The van der Waals surface area contributed by atoms with Crippen molar-refractivity contribution in [1.29, 1.82) is 0 Å². The molecule has 4 aromatic rings. The number of carbonyl (C=O) groups excluding carboxylic acids is 1. The van der Waals surface area contributed by atoms with Crippen molar-refractivity contribution in [1.82, 2.24) is 15.2 Å². The molecule has 0 aliphatic carbocycles. The minimum absolute atomic E-state index is 0.0904. The highest BCUT2D eigenvalue weighted by Gasteiger charge is 2.29. The average Bonchev–Trinajstić information content (AvgIpc) is 3.55. The zero-order chi connectivity index (χ0) is 21.7. The molecular formula is C26H24ClN3O2. The van der Waals surface area contributed by atoms with E-state index < -0.39 is 0 Å². The number of hydrogen-bond donors (Lipinski definition) is 2. The van der Waals surface area contributed by atoms with Gasteiger partial charge in [-0.05, 0) is 67.9 Å². The Morgan fingerprint density at radius 1 is 1.03 bits per heavy atom. The normalized spacial score (nSPS) is 16.5. The van der Waals surface area contributed by atoms with E-state index in [1.54, 1.807) is 6.26 Å². The maximum Gasteiger partial charge on any atom is 0.252 e. The molecule has 0 bridgehead atoms. The molecule has 1 amide bonds. The number of carbonyl (C=O) groups is 1. The van der Waals surface area contributed by atoms with Crippen molar-refractivity contribution in [2.75, 3.05) is 13.1 Å². The monoisotopic (exact) mass is 445 g/mol. The highest BCUT2D eigenvalue weighted by Crippen LogP contribution is 2.41. The summed E-state index contributed by atoms with van der Waals surface area (Å²) < 4.78 is 5.62. The SMILES string of the molecule is O=C1NCc2c(Cl)c(-c3ccco3)cc(-c3cc4cc(CN5CCCCC5)ccc4[nH]3)c21. The standard InChI is InChI=1S/C26H24ClN3O2/c27-25-19(23-5-4-10-32-23)13-18(24-20(25)14-28-26(24)31)22-12-17-11-16(6-7-21(17)29-22)15-30-8-2-1-3-9-30/h4-7,10-13,29H,1-3,8-9,14-15H2,(H,28,31). The second-order valence-electron chi connectivity index (χ2n) is 8.74. The topological polar surface area (TPSA) is 61.3 Å². The van der Waals surface area contributed by atoms with Gasteiger partial charge in [0, 0.05) is 46.4 Å². The molecule has 4 heterocycles. The lowest BCUT2D eigenvalue weighted by Gasteiger charge is -2.26. The molecule has 0 atom stereocenters. The van der Waals surface area contributed by atoms with Crippen LogP contribution in [0.4, 0.5) is 0 Å². The third-order valence-electron chi connectivity index (χ3n) is 6.63. The van der Waals surface area contributed by atoms with Crippen LogP contribution >= 0.6 is 11.6 Å². The number of fused-ring (bicyclic) bond motifs is 2. The largest absolute Gasteiger partial charge is 0.464 e. The zero-order valence-corrected chi connectivity index (χ0v) is 18.5. The first-order valence-electron chi connectivity index (χ1n) is 11.2. The second-order valence-corrected chi connectivity index (χ2v) is 9.12. The van der Waals surface area contributed by atoms with Crippen LogP contribution in [0, 0.1) is 0 Å². The summed E-state index contributed by atoms with van der Waals surface area (Å²) in [5.74, 6) is 0.602. The number of rotatable bonds is 4. The van der Waals surface area contributed by atoms with Gasteiger partial charge in [-0.2, -0.15) is 0 Å². The van der Waals surface area contributed by atoms with Crippen LogP contribution in [-0.4, -0.2) is 28.9 Å². The van der Waals surface area contributed by atoms with Crippen molar-refractivity contribution >= 4 is 28.4 Å². The smallest absolute Gasteiger partial charge is 0.252 e. The van der Waals surface area contributed by atoms with Gasteiger partial charge in [0.25, 0.3) is 5.91 Å². The van der Waals surface area contributed by atoms with Gasteiger partial charge in [0.1, 0.15) is 5.76 Å². The molecule has 162 valence electrons. The maximum atomic E-state index is 12.7. The van der Waals surface area contributed by atoms with Gasteiger partial charge in [0.05, 0.1) is 16.8 Å². The van der Waals surface area contributed by atoms with Gasteiger partial charge >= 0.3 is 0 Å². The summed E-state index contributed by atoms with van der Waals surface area (Å²) in [4.78, 5) is 18.7. The molecule has 0 radical (unpaired) electrons. The van der Waals surface area contributed by atoms with Crippen molar-refractivity contribution in [3.05, 3.63) is 70.4 Å². The van der Waals surface area contributed by atoms with Crippen LogP contribution in [0.2, 0.25) is 5.02 Å². The molecule has 2 aliphatic heterocycles. The molecule has 2 aromatic heterocycles. The average molecular weight is 446 g/mol. The number of amides is 1. The predicted octanol–water partition coefficient (Wildman–Crippen LogP) is 5.98. The number of benzene rings is 2. The Hall–Kier alpha value is -3.02. The molecule has 2 N–H and O–H groups in total. The first kappa shape index (κ1) is 19.6. The van der Waals surface area contributed by atoms with Crippen molar-refractivity contribution in [2.45, 2.75) is 32.4 Å². The molecule has 2 aliphatic rings. The number of hydrogen-bond acceptors (Lipinski definition) is 3. The Balaban J connectivity index is 1.43. The van der Waals surface area contributed by atoms with Crippen molar-refractivity contribution in [3.63, 3.8) is 0 Å². The number of aromatic nitrogens is 1. The van der Waals surface area contributed by atoms with Gasteiger partial charge < -0.3 is 14.7 Å². The lowest BCUT2D eigenvalue weighted by Crippen LogP contribution is -2.28. The van der Waals surface area contributed by atoms with Crippen LogP contribution in [0.1, 0.15) is 40.7 Å². The molecule has 5 nitrogen and oxygen atoms in total. The molecule has 1 fully saturated rings. The number of furan rings is 1. The molecular weight excluding hydrogens is 422 g/mol. The van der Waals surface area contributed by atoms with Crippen LogP contribution in [-0.2, 0) is 13.1 Å². The fourth-order valence-electron chi connectivity index (χ4n) is 5.02. The molecule has 0 saturated carbocycles. The predicted molar refractivity (Wildman–Crippen MR) is 127 cm³/mol. The van der Waals surface area contributed by atoms with E-state index in [1.807, 2.05) is 18.2 Å². The molecule has 2 aromatic carbocycles. The minimum atomic E-state index is -0.0904. The van der Waals surface area contributed by atoms with Gasteiger partial charge in [-0.1, -0.05) is 24.1 Å². The summed E-state index contributed by atoms with van der Waals surface area (Å²) in [5.41, 5.74) is 6.40. The van der Waals surface area contributed by atoms with E-state index in [0.717, 1.165) is 39.8 Å². The number of halogens is 1. The number of piperidine rings is 1. The van der Waals surface area contributed by atoms with Crippen LogP contribution in [0.5, 0.6) is 0 Å². The fraction of sp³-hybridized carbons (Fsp3) is 0.269. The molecule has 1 saturated heterocycles. The van der Waals surface area contributed by atoms with E-state index in [2.05, 4.69) is 39.5 Å². The van der Waals surface area contributed by atoms with E-state index >= 15 is 0 Å². The quantitative estimate of drug-likeness (QED) is 0.406. The minimum Gasteiger partial charge on any atom is -0.464 e. The summed E-state index contributed by atoms with van der Waals surface area (Å²) in [6.07, 6.45) is 5.56. The van der Waals surface area contributed by atoms with Crippen LogP contribution in [0.15, 0.2) is 53.1 Å². The Kier molecular flexibility index (Phi) is 4.81. The number of nitrogens with zero attached hydrogens (tertiary/aromatic N) is 1. The molecule has 0 spiro atoms. The van der Waals surface area contributed by atoms with Crippen molar-refractivity contribution in [3.8, 4) is 22.6 Å². The van der Waals surface area contributed by atoms with Crippen molar-refractivity contribution < 1.29 is 9.21 Å². The van der Waals surface area contributed by atoms with Gasteiger partial charge in [0.15, 0.2) is 0 Å². The van der Waals surface area contributed by atoms with Gasteiger partial charge in [-0.15, -0.1) is 0 Å². The Morgan fingerprint density at radius 3 is 2.72 bits per heavy atom. The van der Waals surface area contributed by atoms with E-state index in [0.29, 0.717) is 22.9 Å². The number of likely N-dealkylation sites (tertiary alicyclic amines) is 1. The summed E-state index contributed by atoms with van der Waals surface area (Å²) in [6.45, 7) is 3.77. The van der Waals surface area contributed by atoms with Crippen LogP contribution < -0.4 is 5.32 Å². The first-order valence-corrected chi connectivity index (χ1v) is 11.6. The first-order chi connectivity index (χ1) is 15.7. The van der Waals surface area contributed by atoms with Crippen molar-refractivity contribution in [2.24, 2.45) is 0 Å². The summed E-state index contributed by atoms with van der Waals surface area (Å²) >= 11 is 6.70. The summed E-state index contributed by atoms with van der Waals surface area (Å²) in [5, 5.41) is 4.64. The van der Waals surface area contributed by atoms with E-state index in [-0.39, 0.29) is 5.91 Å². The summed E-state index contributed by atoms with van der Waals surface area (Å²) in [6, 6.07) is 14.4. The molecule has 0 unspecified atom stereocenters. The lowest BCUT2D eigenvalue weighted by atomic mass is 9.96. The number of H-pyrrole nitrogens is 1. The van der Waals surface area contributed by atoms with Gasteiger partial charge in [-0.25, -0.2) is 0 Å². The van der Waals surface area contributed by atoms with Crippen LogP contribution in [0.25, 0.3) is 33.5 Å². The number of aromatic amines is 1. The van der Waals surface area contributed by atoms with E-state index in [4.69, 9.17) is 16.0 Å². The molecule has 6 heteroatoms. The van der Waals surface area contributed by atoms with E-state index in [1.165, 1.54) is 37.9 Å². The van der Waals surface area contributed by atoms with E-state index in [9.17, 15) is 4.79 Å². The Morgan fingerprint density at radius 2 is 1.91 bits per heavy atom. The summed E-state index contributed by atoms with van der Waals surface area (Å²) in [7, 11) is 0. The zero-order valence-electron chi connectivity index (χ0n) is 17.7. The van der Waals surface area contributed by atoms with Gasteiger partial charge in [-0.3, -0.25) is 9.69 Å². The maximum absolute atomic E-state index is 12.7. The Bertz CT molecular complexity index is 1320. The third-order valence-corrected chi connectivity index (χ3v) is 7.06. The Labute approximate surface area is 191 Å². The van der Waals surface area contributed by atoms with Crippen LogP contribution in [0.3, 0.4) is 0 Å². The highest BCUT2D eigenvalue weighted by molar-refractivity contribution is 6.35. The molecule has 32 heavy (non-hydrogen) atoms. The van der Waals surface area contributed by atoms with Gasteiger partial charge in [0.2, 0.25) is 0 Å². The number of nitrogens with one attached hydrogen (secondary N) is 2. The lowest BCUT2D eigenvalue weighted by molar-refractivity contribution is 0.0966.